The molecule has 0 N–H and O–H groups in total. The molecule has 1 amide bonds. The summed E-state index contributed by atoms with van der Waals surface area (Å²) in [4.78, 5) is 25.8. The van der Waals surface area contributed by atoms with Crippen LogP contribution in [0, 0.1) is 5.41 Å². The smallest absolute Gasteiger partial charge is 0.249 e. The summed E-state index contributed by atoms with van der Waals surface area (Å²) in [5, 5.41) is 8.30. The second-order valence-electron chi connectivity index (χ2n) is 7.78. The highest BCUT2D eigenvalue weighted by molar-refractivity contribution is 5.85. The number of hydrogen-bond acceptors (Lipinski definition) is 7. The molecule has 2 saturated heterocycles. The summed E-state index contributed by atoms with van der Waals surface area (Å²) < 4.78 is 5.80. The standard InChI is InChI=1S/C21H22N6O2/c28-20-21(7-11-27(20)13-17-5-1-2-9-23-17)6-10-26(15-21)14-18-24-25-19(29-18)16-4-3-8-22-12-16/h1-5,8-9,12H,6-7,10-11,13-15H2. The average Bonchev–Trinajstić information content (AvgIpc) is 3.47. The molecule has 0 radical (unpaired) electrons. The Balaban J connectivity index is 1.22. The number of amides is 1. The van der Waals surface area contributed by atoms with Gasteiger partial charge in [-0.25, -0.2) is 0 Å². The van der Waals surface area contributed by atoms with E-state index in [1.54, 1.807) is 18.6 Å². The summed E-state index contributed by atoms with van der Waals surface area (Å²) in [6.07, 6.45) is 6.94. The monoisotopic (exact) mass is 390 g/mol. The van der Waals surface area contributed by atoms with Crippen molar-refractivity contribution in [3.63, 3.8) is 0 Å². The number of nitrogens with zero attached hydrogens (tertiary/aromatic N) is 6. The molecular weight excluding hydrogens is 368 g/mol. The third-order valence-electron chi connectivity index (χ3n) is 5.85. The first-order valence-electron chi connectivity index (χ1n) is 9.86. The Bertz CT molecular complexity index is 993. The Kier molecular flexibility index (Phi) is 4.55. The summed E-state index contributed by atoms with van der Waals surface area (Å²) in [6.45, 7) is 3.51. The van der Waals surface area contributed by atoms with Gasteiger partial charge in [-0.1, -0.05) is 6.07 Å². The normalized spacial score (nSPS) is 22.1. The Labute approximate surface area is 168 Å². The van der Waals surface area contributed by atoms with Gasteiger partial charge in [0.2, 0.25) is 17.7 Å². The molecule has 1 unspecified atom stereocenters. The fraction of sp³-hybridized carbons (Fsp3) is 0.381. The molecule has 3 aromatic rings. The number of hydrogen-bond donors (Lipinski definition) is 0. The first-order chi connectivity index (χ1) is 14.2. The van der Waals surface area contributed by atoms with Crippen LogP contribution < -0.4 is 0 Å². The lowest BCUT2D eigenvalue weighted by molar-refractivity contribution is -0.136. The van der Waals surface area contributed by atoms with Crippen LogP contribution in [0.3, 0.4) is 0 Å². The molecule has 5 rings (SSSR count). The van der Waals surface area contributed by atoms with E-state index in [0.717, 1.165) is 43.7 Å². The van der Waals surface area contributed by atoms with E-state index in [4.69, 9.17) is 4.42 Å². The molecule has 2 aliphatic heterocycles. The third kappa shape index (κ3) is 3.51. The van der Waals surface area contributed by atoms with Crippen LogP contribution in [0.4, 0.5) is 0 Å². The maximum absolute atomic E-state index is 13.1. The highest BCUT2D eigenvalue weighted by Gasteiger charge is 2.50. The molecule has 0 saturated carbocycles. The SMILES string of the molecule is O=C1N(Cc2ccccn2)CCC12CCN(Cc1nnc(-c3cccnc3)o1)C2. The Morgan fingerprint density at radius 2 is 1.97 bits per heavy atom. The molecule has 29 heavy (non-hydrogen) atoms. The maximum atomic E-state index is 13.1. The van der Waals surface area contributed by atoms with Crippen LogP contribution >= 0.6 is 0 Å². The quantitative estimate of drug-likeness (QED) is 0.659. The van der Waals surface area contributed by atoms with Gasteiger partial charge < -0.3 is 9.32 Å². The Morgan fingerprint density at radius 1 is 1.03 bits per heavy atom. The van der Waals surface area contributed by atoms with Crippen LogP contribution in [0.2, 0.25) is 0 Å². The van der Waals surface area contributed by atoms with Crippen molar-refractivity contribution in [2.45, 2.75) is 25.9 Å². The zero-order valence-electron chi connectivity index (χ0n) is 16.1. The molecule has 3 aromatic heterocycles. The summed E-state index contributed by atoms with van der Waals surface area (Å²) in [7, 11) is 0. The maximum Gasteiger partial charge on any atom is 0.249 e. The van der Waals surface area contributed by atoms with Crippen molar-refractivity contribution in [3.05, 3.63) is 60.5 Å². The number of likely N-dealkylation sites (tertiary alicyclic amines) is 2. The van der Waals surface area contributed by atoms with E-state index in [2.05, 4.69) is 25.1 Å². The lowest BCUT2D eigenvalue weighted by atomic mass is 9.85. The van der Waals surface area contributed by atoms with Gasteiger partial charge in [0.15, 0.2) is 0 Å². The number of carbonyl (C=O) groups is 1. The van der Waals surface area contributed by atoms with Crippen LogP contribution in [0.15, 0.2) is 53.3 Å². The van der Waals surface area contributed by atoms with E-state index in [0.29, 0.717) is 24.9 Å². The van der Waals surface area contributed by atoms with E-state index >= 15 is 0 Å². The Hall–Kier alpha value is -3.13. The van der Waals surface area contributed by atoms with E-state index in [-0.39, 0.29) is 11.3 Å². The lowest BCUT2D eigenvalue weighted by Crippen LogP contribution is -2.36. The molecule has 2 aliphatic rings. The summed E-state index contributed by atoms with van der Waals surface area (Å²) in [5.74, 6) is 1.28. The van der Waals surface area contributed by atoms with Crippen molar-refractivity contribution in [2.24, 2.45) is 5.41 Å². The third-order valence-corrected chi connectivity index (χ3v) is 5.85. The van der Waals surface area contributed by atoms with E-state index in [9.17, 15) is 4.79 Å². The summed E-state index contributed by atoms with van der Waals surface area (Å²) in [6, 6.07) is 9.55. The molecule has 8 nitrogen and oxygen atoms in total. The molecular formula is C21H22N6O2. The minimum Gasteiger partial charge on any atom is -0.419 e. The highest BCUT2D eigenvalue weighted by Crippen LogP contribution is 2.41. The summed E-state index contributed by atoms with van der Waals surface area (Å²) in [5.41, 5.74) is 1.45. The molecule has 1 atom stereocenters. The van der Waals surface area contributed by atoms with Gasteiger partial charge in [-0.15, -0.1) is 10.2 Å². The molecule has 0 aliphatic carbocycles. The fourth-order valence-electron chi connectivity index (χ4n) is 4.32. The van der Waals surface area contributed by atoms with Crippen LogP contribution in [0.1, 0.15) is 24.4 Å². The second kappa shape index (κ2) is 7.36. The largest absolute Gasteiger partial charge is 0.419 e. The topological polar surface area (TPSA) is 88.3 Å². The van der Waals surface area contributed by atoms with E-state index in [1.165, 1.54) is 0 Å². The van der Waals surface area contributed by atoms with Gasteiger partial charge in [0.1, 0.15) is 0 Å². The van der Waals surface area contributed by atoms with Gasteiger partial charge in [0.05, 0.1) is 29.8 Å². The van der Waals surface area contributed by atoms with E-state index in [1.807, 2.05) is 35.2 Å². The molecule has 0 aromatic carbocycles. The number of pyridine rings is 2. The molecule has 0 bridgehead atoms. The lowest BCUT2D eigenvalue weighted by Gasteiger charge is -2.23. The van der Waals surface area contributed by atoms with Crippen molar-refractivity contribution < 1.29 is 9.21 Å². The van der Waals surface area contributed by atoms with Crippen LogP contribution in [-0.4, -0.2) is 55.5 Å². The van der Waals surface area contributed by atoms with Crippen molar-refractivity contribution >= 4 is 5.91 Å². The van der Waals surface area contributed by atoms with Gasteiger partial charge in [0, 0.05) is 31.7 Å². The zero-order valence-corrected chi connectivity index (χ0v) is 16.1. The number of carbonyl (C=O) groups excluding carboxylic acids is 1. The molecule has 5 heterocycles. The first-order valence-corrected chi connectivity index (χ1v) is 9.86. The van der Waals surface area contributed by atoms with E-state index < -0.39 is 0 Å². The van der Waals surface area contributed by atoms with Gasteiger partial charge in [-0.05, 0) is 43.7 Å². The first kappa shape index (κ1) is 17.9. The predicted molar refractivity (Wildman–Crippen MR) is 104 cm³/mol. The van der Waals surface area contributed by atoms with Gasteiger partial charge in [-0.3, -0.25) is 19.7 Å². The second-order valence-corrected chi connectivity index (χ2v) is 7.78. The molecule has 2 fully saturated rings. The Morgan fingerprint density at radius 3 is 2.79 bits per heavy atom. The van der Waals surface area contributed by atoms with Crippen molar-refractivity contribution in [1.82, 2.24) is 30.0 Å². The van der Waals surface area contributed by atoms with Gasteiger partial charge in [0.25, 0.3) is 0 Å². The van der Waals surface area contributed by atoms with Gasteiger partial charge in [-0.2, -0.15) is 0 Å². The fourth-order valence-corrected chi connectivity index (χ4v) is 4.32. The van der Waals surface area contributed by atoms with Crippen LogP contribution in [0.25, 0.3) is 11.5 Å². The van der Waals surface area contributed by atoms with Crippen molar-refractivity contribution in [1.29, 1.82) is 0 Å². The highest BCUT2D eigenvalue weighted by atomic mass is 16.4. The summed E-state index contributed by atoms with van der Waals surface area (Å²) >= 11 is 0. The predicted octanol–water partition coefficient (Wildman–Crippen LogP) is 2.15. The van der Waals surface area contributed by atoms with Crippen LogP contribution in [0.5, 0.6) is 0 Å². The van der Waals surface area contributed by atoms with Crippen LogP contribution in [-0.2, 0) is 17.9 Å². The minimum atomic E-state index is -0.291. The minimum absolute atomic E-state index is 0.243. The zero-order chi connectivity index (χ0) is 19.7. The van der Waals surface area contributed by atoms with Crippen molar-refractivity contribution in [3.8, 4) is 11.5 Å². The number of rotatable bonds is 5. The number of aromatic nitrogens is 4. The average molecular weight is 390 g/mol. The molecule has 1 spiro atoms. The van der Waals surface area contributed by atoms with Gasteiger partial charge >= 0.3 is 0 Å². The van der Waals surface area contributed by atoms with Crippen molar-refractivity contribution in [2.75, 3.05) is 19.6 Å². The molecule has 148 valence electrons. The molecule has 8 heteroatoms.